The fourth-order valence-corrected chi connectivity index (χ4v) is 4.35. The van der Waals surface area contributed by atoms with Crippen LogP contribution in [0.1, 0.15) is 22.6 Å². The minimum absolute atomic E-state index is 0.190. The molecule has 0 saturated carbocycles. The van der Waals surface area contributed by atoms with Crippen LogP contribution in [0.3, 0.4) is 0 Å². The number of hydrogen-bond acceptors (Lipinski definition) is 2. The number of nitrogens with two attached hydrogens (primary N) is 1. The second-order valence-corrected chi connectivity index (χ2v) is 8.27. The van der Waals surface area contributed by atoms with Gasteiger partial charge in [-0.05, 0) is 28.8 Å². The predicted molar refractivity (Wildman–Crippen MR) is 131 cm³/mol. The highest BCUT2D eigenvalue weighted by molar-refractivity contribution is 6.31. The maximum absolute atomic E-state index is 13.1. The number of hydrogen-bond donors (Lipinski definition) is 4. The van der Waals surface area contributed by atoms with Crippen molar-refractivity contribution in [3.8, 4) is 0 Å². The molecule has 4 rings (SSSR count). The van der Waals surface area contributed by atoms with Gasteiger partial charge in [0, 0.05) is 41.0 Å². The van der Waals surface area contributed by atoms with Gasteiger partial charge in [-0.1, -0.05) is 78.3 Å². The van der Waals surface area contributed by atoms with E-state index in [9.17, 15) is 9.59 Å². The van der Waals surface area contributed by atoms with Gasteiger partial charge >= 0.3 is 6.03 Å². The number of benzene rings is 3. The van der Waals surface area contributed by atoms with Gasteiger partial charge in [-0.15, -0.1) is 0 Å². The van der Waals surface area contributed by atoms with E-state index in [1.165, 1.54) is 0 Å². The number of aromatic nitrogens is 1. The van der Waals surface area contributed by atoms with E-state index in [1.54, 1.807) is 0 Å². The largest absolute Gasteiger partial charge is 0.361 e. The fourth-order valence-electron chi connectivity index (χ4n) is 4.08. The van der Waals surface area contributed by atoms with Gasteiger partial charge in [-0.2, -0.15) is 0 Å². The smallest absolute Gasteiger partial charge is 0.312 e. The van der Waals surface area contributed by atoms with Crippen LogP contribution < -0.4 is 16.4 Å². The molecule has 5 N–H and O–H groups in total. The quantitative estimate of drug-likeness (QED) is 0.314. The third-order valence-corrected chi connectivity index (χ3v) is 6.02. The molecule has 0 aliphatic rings. The van der Waals surface area contributed by atoms with Crippen LogP contribution in [0.25, 0.3) is 10.9 Å². The first-order valence-electron chi connectivity index (χ1n) is 10.7. The maximum atomic E-state index is 13.1. The Morgan fingerprint density at radius 2 is 1.61 bits per heavy atom. The maximum Gasteiger partial charge on any atom is 0.312 e. The Labute approximate surface area is 197 Å². The predicted octanol–water partition coefficient (Wildman–Crippen LogP) is 4.35. The van der Waals surface area contributed by atoms with Crippen LogP contribution in [0, 0.1) is 0 Å². The van der Waals surface area contributed by atoms with E-state index in [0.717, 1.165) is 27.6 Å². The van der Waals surface area contributed by atoms with Crippen molar-refractivity contribution in [2.75, 3.05) is 6.54 Å². The number of rotatable bonds is 8. The molecule has 3 amide bonds. The van der Waals surface area contributed by atoms with Gasteiger partial charge in [-0.25, -0.2) is 4.79 Å². The van der Waals surface area contributed by atoms with E-state index < -0.39 is 12.1 Å². The molecule has 33 heavy (non-hydrogen) atoms. The van der Waals surface area contributed by atoms with Crippen LogP contribution in [0.4, 0.5) is 4.79 Å². The van der Waals surface area contributed by atoms with Crippen molar-refractivity contribution in [2.45, 2.75) is 18.4 Å². The van der Waals surface area contributed by atoms with Crippen LogP contribution >= 0.6 is 11.6 Å². The first-order chi connectivity index (χ1) is 16.0. The molecule has 0 unspecified atom stereocenters. The molecule has 0 bridgehead atoms. The third kappa shape index (κ3) is 5.35. The molecule has 4 aromatic rings. The summed E-state index contributed by atoms with van der Waals surface area (Å²) in [5.41, 5.74) is 9.21. The zero-order valence-corrected chi connectivity index (χ0v) is 18.7. The molecule has 3 aromatic carbocycles. The standard InChI is InChI=1S/C26H25ClN4O2/c27-22-12-6-4-10-18(22)20(21-15-29-23-13-7-5-11-19(21)23)16-30-25(32)24(31-26(28)33)14-17-8-2-1-3-9-17/h1-13,15,20,24,29H,14,16H2,(H,30,32)(H3,28,31,33)/t20-,24-/m0/s1. The Morgan fingerprint density at radius 1 is 0.909 bits per heavy atom. The van der Waals surface area contributed by atoms with Crippen molar-refractivity contribution in [1.29, 1.82) is 0 Å². The van der Waals surface area contributed by atoms with Crippen molar-refractivity contribution in [2.24, 2.45) is 5.73 Å². The molecule has 7 heteroatoms. The molecule has 0 radical (unpaired) electrons. The average molecular weight is 461 g/mol. The normalized spacial score (nSPS) is 12.8. The first-order valence-corrected chi connectivity index (χ1v) is 11.1. The summed E-state index contributed by atoms with van der Waals surface area (Å²) in [5.74, 6) is -0.501. The molecule has 0 fully saturated rings. The topological polar surface area (TPSA) is 100 Å². The number of fused-ring (bicyclic) bond motifs is 1. The minimum atomic E-state index is -0.792. The van der Waals surface area contributed by atoms with Gasteiger partial charge in [0.15, 0.2) is 0 Å². The van der Waals surface area contributed by atoms with Gasteiger partial charge in [0.05, 0.1) is 0 Å². The van der Waals surface area contributed by atoms with Gasteiger partial charge < -0.3 is 21.4 Å². The van der Waals surface area contributed by atoms with E-state index in [-0.39, 0.29) is 11.8 Å². The van der Waals surface area contributed by atoms with Crippen molar-refractivity contribution in [3.63, 3.8) is 0 Å². The van der Waals surface area contributed by atoms with Crippen LogP contribution in [-0.2, 0) is 11.2 Å². The van der Waals surface area contributed by atoms with Gasteiger partial charge in [0.25, 0.3) is 0 Å². The lowest BCUT2D eigenvalue weighted by Gasteiger charge is -2.22. The second kappa shape index (κ2) is 10.2. The molecular formula is C26H25ClN4O2. The summed E-state index contributed by atoms with van der Waals surface area (Å²) in [4.78, 5) is 28.0. The fraction of sp³-hybridized carbons (Fsp3) is 0.154. The van der Waals surface area contributed by atoms with Crippen LogP contribution in [0.5, 0.6) is 0 Å². The Bertz CT molecular complexity index is 1260. The van der Waals surface area contributed by atoms with E-state index >= 15 is 0 Å². The zero-order valence-electron chi connectivity index (χ0n) is 17.9. The highest BCUT2D eigenvalue weighted by atomic mass is 35.5. The number of aromatic amines is 1. The zero-order chi connectivity index (χ0) is 23.2. The average Bonchev–Trinajstić information content (AvgIpc) is 3.24. The SMILES string of the molecule is NC(=O)N[C@@H](Cc1ccccc1)C(=O)NC[C@@H](c1ccccc1Cl)c1c[nH]c2ccccc12. The molecule has 6 nitrogen and oxygen atoms in total. The van der Waals surface area contributed by atoms with E-state index in [2.05, 4.69) is 15.6 Å². The monoisotopic (exact) mass is 460 g/mol. The molecule has 0 saturated heterocycles. The van der Waals surface area contributed by atoms with Crippen LogP contribution in [0.2, 0.25) is 5.02 Å². The Balaban J connectivity index is 1.60. The van der Waals surface area contributed by atoms with Gasteiger partial charge in [0.2, 0.25) is 5.91 Å². The Kier molecular flexibility index (Phi) is 6.95. The Morgan fingerprint density at radius 3 is 2.36 bits per heavy atom. The number of halogens is 1. The van der Waals surface area contributed by atoms with E-state index in [0.29, 0.717) is 18.0 Å². The van der Waals surface area contributed by atoms with Crippen molar-refractivity contribution < 1.29 is 9.59 Å². The van der Waals surface area contributed by atoms with E-state index in [4.69, 9.17) is 17.3 Å². The molecule has 0 aliphatic carbocycles. The molecule has 2 atom stereocenters. The summed E-state index contributed by atoms with van der Waals surface area (Å²) in [7, 11) is 0. The molecular weight excluding hydrogens is 436 g/mol. The van der Waals surface area contributed by atoms with Gasteiger partial charge in [-0.3, -0.25) is 4.79 Å². The van der Waals surface area contributed by atoms with Crippen molar-refractivity contribution >= 4 is 34.4 Å². The lowest BCUT2D eigenvalue weighted by atomic mass is 9.90. The van der Waals surface area contributed by atoms with Gasteiger partial charge in [0.1, 0.15) is 6.04 Å². The Hall–Kier alpha value is -3.77. The minimum Gasteiger partial charge on any atom is -0.361 e. The second-order valence-electron chi connectivity index (χ2n) is 7.86. The highest BCUT2D eigenvalue weighted by Crippen LogP contribution is 2.34. The first kappa shape index (κ1) is 22.4. The molecule has 168 valence electrons. The number of primary amides is 1. The summed E-state index contributed by atoms with van der Waals surface area (Å²) in [6, 6.07) is 23.6. The number of H-pyrrole nitrogens is 1. The number of nitrogens with one attached hydrogen (secondary N) is 3. The molecule has 1 aromatic heterocycles. The highest BCUT2D eigenvalue weighted by Gasteiger charge is 2.24. The van der Waals surface area contributed by atoms with Crippen molar-refractivity contribution in [3.05, 3.63) is 107 Å². The number of carbonyl (C=O) groups excluding carboxylic acids is 2. The third-order valence-electron chi connectivity index (χ3n) is 5.67. The van der Waals surface area contributed by atoms with E-state index in [1.807, 2.05) is 85.1 Å². The number of amides is 3. The number of carbonyl (C=O) groups is 2. The summed E-state index contributed by atoms with van der Waals surface area (Å²) in [6.45, 7) is 0.302. The summed E-state index contributed by atoms with van der Waals surface area (Å²) in [6.07, 6.45) is 2.29. The molecule has 0 spiro atoms. The summed E-state index contributed by atoms with van der Waals surface area (Å²) < 4.78 is 0. The summed E-state index contributed by atoms with van der Waals surface area (Å²) >= 11 is 6.54. The lowest BCUT2D eigenvalue weighted by Crippen LogP contribution is -2.50. The lowest BCUT2D eigenvalue weighted by molar-refractivity contribution is -0.122. The van der Waals surface area contributed by atoms with Crippen LogP contribution in [0.15, 0.2) is 85.1 Å². The summed E-state index contributed by atoms with van der Waals surface area (Å²) in [5, 5.41) is 7.25. The molecule has 1 heterocycles. The number of urea groups is 1. The van der Waals surface area contributed by atoms with Crippen molar-refractivity contribution in [1.82, 2.24) is 15.6 Å². The number of para-hydroxylation sites is 1. The van der Waals surface area contributed by atoms with Crippen LogP contribution in [-0.4, -0.2) is 29.5 Å². The molecule has 0 aliphatic heterocycles.